The summed E-state index contributed by atoms with van der Waals surface area (Å²) in [4.78, 5) is 16.1. The fraction of sp³-hybridized carbons (Fsp3) is 0.208. The predicted molar refractivity (Wildman–Crippen MR) is 116 cm³/mol. The number of rotatable bonds is 4. The Balaban J connectivity index is 1.39. The number of carbonyl (C=O) groups excluding carboxylic acids is 1. The summed E-state index contributed by atoms with van der Waals surface area (Å²) in [5.41, 5.74) is 3.69. The fourth-order valence-corrected chi connectivity index (χ4v) is 4.54. The van der Waals surface area contributed by atoms with E-state index in [1.54, 1.807) is 18.4 Å². The average Bonchev–Trinajstić information content (AvgIpc) is 3.38. The van der Waals surface area contributed by atoms with Crippen molar-refractivity contribution in [3.8, 4) is 17.2 Å². The number of allylic oxidation sites excluding steroid dienone is 1. The Morgan fingerprint density at radius 2 is 2.03 bits per heavy atom. The number of methoxy groups -OCH3 is 1. The Kier molecular flexibility index (Phi) is 4.81. The Hall–Kier alpha value is -3.09. The molecule has 3 aromatic rings. The third-order valence-corrected chi connectivity index (χ3v) is 6.20. The van der Waals surface area contributed by atoms with Gasteiger partial charge in [0.2, 0.25) is 5.78 Å². The van der Waals surface area contributed by atoms with Crippen molar-refractivity contribution in [2.24, 2.45) is 0 Å². The monoisotopic (exact) mass is 419 g/mol. The molecule has 0 radical (unpaired) electrons. The minimum Gasteiger partial charge on any atom is -0.497 e. The summed E-state index contributed by atoms with van der Waals surface area (Å²) in [5.74, 6) is 2.58. The Morgan fingerprint density at radius 1 is 1.20 bits per heavy atom. The minimum absolute atomic E-state index is 0.0726. The molecular formula is C24H21NO4S. The van der Waals surface area contributed by atoms with Crippen molar-refractivity contribution in [1.82, 2.24) is 4.90 Å². The van der Waals surface area contributed by atoms with Crippen molar-refractivity contribution in [2.75, 3.05) is 13.8 Å². The highest BCUT2D eigenvalue weighted by Gasteiger charge is 2.33. The summed E-state index contributed by atoms with van der Waals surface area (Å²) in [6.07, 6.45) is 1.81. The fourth-order valence-electron chi connectivity index (χ4n) is 3.89. The van der Waals surface area contributed by atoms with Gasteiger partial charge in [-0.05, 0) is 42.1 Å². The average molecular weight is 420 g/mol. The van der Waals surface area contributed by atoms with E-state index in [0.29, 0.717) is 30.3 Å². The number of hydrogen-bond acceptors (Lipinski definition) is 6. The molecule has 1 aromatic heterocycles. The summed E-state index contributed by atoms with van der Waals surface area (Å²) in [6, 6.07) is 13.9. The molecule has 2 aliphatic rings. The Labute approximate surface area is 179 Å². The summed E-state index contributed by atoms with van der Waals surface area (Å²) in [7, 11) is 1.66. The Morgan fingerprint density at radius 3 is 2.77 bits per heavy atom. The van der Waals surface area contributed by atoms with Crippen LogP contribution in [-0.4, -0.2) is 24.5 Å². The molecule has 0 bridgehead atoms. The largest absolute Gasteiger partial charge is 0.497 e. The van der Waals surface area contributed by atoms with E-state index in [-0.39, 0.29) is 5.78 Å². The number of benzene rings is 2. The van der Waals surface area contributed by atoms with Crippen LogP contribution in [0.15, 0.2) is 53.6 Å². The van der Waals surface area contributed by atoms with Gasteiger partial charge < -0.3 is 14.2 Å². The first-order valence-electron chi connectivity index (χ1n) is 9.74. The molecule has 0 saturated carbocycles. The van der Waals surface area contributed by atoms with Crippen LogP contribution in [0.3, 0.4) is 0 Å². The van der Waals surface area contributed by atoms with Gasteiger partial charge in [0.25, 0.3) is 0 Å². The number of carbonyl (C=O) groups is 1. The van der Waals surface area contributed by atoms with Gasteiger partial charge in [0.1, 0.15) is 24.0 Å². The van der Waals surface area contributed by atoms with Crippen LogP contribution in [0.2, 0.25) is 0 Å². The zero-order valence-electron chi connectivity index (χ0n) is 16.8. The van der Waals surface area contributed by atoms with Crippen molar-refractivity contribution < 1.29 is 19.0 Å². The smallest absolute Gasteiger partial charge is 0.232 e. The van der Waals surface area contributed by atoms with Gasteiger partial charge >= 0.3 is 0 Å². The number of fused-ring (bicyclic) bond motifs is 2. The van der Waals surface area contributed by atoms with E-state index >= 15 is 0 Å². The summed E-state index contributed by atoms with van der Waals surface area (Å²) in [5, 5.41) is 1.98. The molecule has 0 aliphatic carbocycles. The number of thiophene rings is 1. The third-order valence-electron chi connectivity index (χ3n) is 5.38. The van der Waals surface area contributed by atoms with E-state index in [1.165, 1.54) is 5.56 Å². The second-order valence-corrected chi connectivity index (χ2v) is 8.41. The first kappa shape index (κ1) is 18.9. The summed E-state index contributed by atoms with van der Waals surface area (Å²) >= 11 is 1.58. The maximum Gasteiger partial charge on any atom is 0.232 e. The van der Waals surface area contributed by atoms with Crippen LogP contribution in [0.25, 0.3) is 6.08 Å². The van der Waals surface area contributed by atoms with Crippen molar-refractivity contribution in [2.45, 2.75) is 20.0 Å². The number of ether oxygens (including phenoxy) is 3. The highest BCUT2D eigenvalue weighted by molar-refractivity contribution is 7.10. The van der Waals surface area contributed by atoms with Crippen LogP contribution in [0, 0.1) is 6.92 Å². The van der Waals surface area contributed by atoms with Crippen LogP contribution in [0.1, 0.15) is 31.9 Å². The quantitative estimate of drug-likeness (QED) is 0.555. The van der Waals surface area contributed by atoms with Gasteiger partial charge in [-0.25, -0.2) is 0 Å². The van der Waals surface area contributed by atoms with E-state index in [2.05, 4.69) is 17.0 Å². The molecule has 0 N–H and O–H groups in total. The number of hydrogen-bond donors (Lipinski definition) is 0. The highest BCUT2D eigenvalue weighted by Crippen LogP contribution is 2.43. The molecule has 5 nitrogen and oxygen atoms in total. The molecule has 2 aliphatic heterocycles. The summed E-state index contributed by atoms with van der Waals surface area (Å²) < 4.78 is 17.3. The van der Waals surface area contributed by atoms with Crippen molar-refractivity contribution in [1.29, 1.82) is 0 Å². The molecule has 6 heteroatoms. The van der Waals surface area contributed by atoms with Gasteiger partial charge in [-0.3, -0.25) is 9.69 Å². The molecule has 0 fully saturated rings. The molecule has 5 rings (SSSR count). The molecule has 0 atom stereocenters. The zero-order chi connectivity index (χ0) is 20.7. The first-order valence-corrected chi connectivity index (χ1v) is 10.6. The van der Waals surface area contributed by atoms with Crippen molar-refractivity contribution in [3.05, 3.63) is 80.7 Å². The highest BCUT2D eigenvalue weighted by atomic mass is 32.1. The van der Waals surface area contributed by atoms with Crippen molar-refractivity contribution in [3.63, 3.8) is 0 Å². The van der Waals surface area contributed by atoms with Crippen molar-refractivity contribution >= 4 is 23.2 Å². The lowest BCUT2D eigenvalue weighted by Gasteiger charge is -2.30. The van der Waals surface area contributed by atoms with Gasteiger partial charge in [-0.1, -0.05) is 18.2 Å². The van der Waals surface area contributed by atoms with Gasteiger partial charge in [-0.15, -0.1) is 11.3 Å². The maximum absolute atomic E-state index is 12.9. The van der Waals surface area contributed by atoms with Crippen LogP contribution in [0.4, 0.5) is 0 Å². The lowest BCUT2D eigenvalue weighted by atomic mass is 10.00. The van der Waals surface area contributed by atoms with Crippen LogP contribution in [0.5, 0.6) is 17.2 Å². The van der Waals surface area contributed by atoms with Gasteiger partial charge in [0.05, 0.1) is 12.7 Å². The SMILES string of the molecule is COc1ccc(CN2COc3c(cc4c(c3C)O/C(=C\c3cccs3)C4=O)C2)cc1. The molecule has 0 spiro atoms. The molecule has 0 unspecified atom stereocenters. The number of Topliss-reactive ketones (excluding diaryl/α,β-unsaturated/α-hetero) is 1. The molecule has 3 heterocycles. The molecular weight excluding hydrogens is 398 g/mol. The topological polar surface area (TPSA) is 48.0 Å². The van der Waals surface area contributed by atoms with E-state index in [9.17, 15) is 4.79 Å². The normalized spacial score (nSPS) is 16.7. The zero-order valence-corrected chi connectivity index (χ0v) is 17.6. The molecule has 152 valence electrons. The van der Waals surface area contributed by atoms with E-state index in [0.717, 1.165) is 34.0 Å². The second-order valence-electron chi connectivity index (χ2n) is 7.43. The lowest BCUT2D eigenvalue weighted by Crippen LogP contribution is -2.32. The van der Waals surface area contributed by atoms with E-state index in [1.807, 2.05) is 48.7 Å². The molecule has 2 aromatic carbocycles. The van der Waals surface area contributed by atoms with Gasteiger partial charge in [-0.2, -0.15) is 0 Å². The minimum atomic E-state index is -0.0726. The number of nitrogens with zero attached hydrogens (tertiary/aromatic N) is 1. The molecule has 0 amide bonds. The maximum atomic E-state index is 12.9. The Bertz CT molecular complexity index is 1130. The summed E-state index contributed by atoms with van der Waals surface area (Å²) in [6.45, 7) is 3.92. The first-order chi connectivity index (χ1) is 14.6. The molecule has 30 heavy (non-hydrogen) atoms. The third kappa shape index (κ3) is 3.38. The standard InChI is InChI=1S/C24H21NO4S/c1-15-23-17(13-25(14-28-23)12-16-5-7-18(27-2)8-6-16)10-20-22(26)21(29-24(15)20)11-19-4-3-9-30-19/h3-11H,12-14H2,1-2H3/b21-11-. The van der Waals surface area contributed by atoms with Gasteiger partial charge in [0.15, 0.2) is 5.76 Å². The van der Waals surface area contributed by atoms with Crippen LogP contribution < -0.4 is 14.2 Å². The van der Waals surface area contributed by atoms with Crippen LogP contribution >= 0.6 is 11.3 Å². The van der Waals surface area contributed by atoms with E-state index < -0.39 is 0 Å². The lowest BCUT2D eigenvalue weighted by molar-refractivity contribution is 0.0876. The van der Waals surface area contributed by atoms with E-state index in [4.69, 9.17) is 14.2 Å². The van der Waals surface area contributed by atoms with Gasteiger partial charge in [0, 0.05) is 35.2 Å². The number of ketones is 1. The predicted octanol–water partition coefficient (Wildman–Crippen LogP) is 5.03. The van der Waals surface area contributed by atoms with Crippen LogP contribution in [-0.2, 0) is 13.1 Å². The second kappa shape index (κ2) is 7.63. The molecule has 0 saturated heterocycles.